The number of carbonyl (C=O) groups excluding carboxylic acids is 1. The molecule has 1 aliphatic heterocycles. The van der Waals surface area contributed by atoms with Gasteiger partial charge in [-0.05, 0) is 19.4 Å². The van der Waals surface area contributed by atoms with Gasteiger partial charge in [-0.2, -0.15) is 0 Å². The average Bonchev–Trinajstić information content (AvgIpc) is 2.80. The summed E-state index contributed by atoms with van der Waals surface area (Å²) in [5, 5.41) is 0. The lowest BCUT2D eigenvalue weighted by Crippen LogP contribution is -2.25. The van der Waals surface area contributed by atoms with Gasteiger partial charge in [0, 0.05) is 5.75 Å². The Labute approximate surface area is 70.7 Å². The zero-order chi connectivity index (χ0) is 8.32. The lowest BCUT2D eigenvalue weighted by atomic mass is 10.1. The van der Waals surface area contributed by atoms with Crippen molar-refractivity contribution in [2.75, 3.05) is 19.4 Å². The molecule has 3 nitrogen and oxygen atoms in total. The maximum absolute atomic E-state index is 11.1. The maximum atomic E-state index is 11.1. The van der Waals surface area contributed by atoms with Gasteiger partial charge in [0.25, 0.3) is 0 Å². The molecular formula is C7H13NO2S. The fourth-order valence-electron chi connectivity index (χ4n) is 1.02. The van der Waals surface area contributed by atoms with Crippen molar-refractivity contribution in [2.24, 2.45) is 5.73 Å². The van der Waals surface area contributed by atoms with E-state index in [9.17, 15) is 4.79 Å². The number of ether oxygens (including phenoxy) is 1. The quantitative estimate of drug-likeness (QED) is 0.496. The highest BCUT2D eigenvalue weighted by atomic mass is 32.2. The Hall–Kier alpha value is -0.220. The van der Waals surface area contributed by atoms with E-state index in [0.29, 0.717) is 6.54 Å². The van der Waals surface area contributed by atoms with Crippen LogP contribution in [0.4, 0.5) is 0 Å². The van der Waals surface area contributed by atoms with E-state index in [0.717, 1.165) is 18.6 Å². The number of hydrogen-bond donors (Lipinski definition) is 1. The van der Waals surface area contributed by atoms with Gasteiger partial charge in [-0.3, -0.25) is 4.79 Å². The molecule has 0 amide bonds. The average molecular weight is 175 g/mol. The van der Waals surface area contributed by atoms with E-state index in [1.165, 1.54) is 7.11 Å². The lowest BCUT2D eigenvalue weighted by Gasteiger charge is -2.08. The van der Waals surface area contributed by atoms with Gasteiger partial charge in [0.1, 0.15) is 4.75 Å². The standard InChI is InChI=1S/C7H13NO2S/c1-10-6(9)7(5-11-7)3-2-4-8/h2-5,8H2,1H3/t7-/m0/s1. The summed E-state index contributed by atoms with van der Waals surface area (Å²) >= 11 is 1.66. The Balaban J connectivity index is 2.34. The first-order valence-electron chi connectivity index (χ1n) is 3.67. The highest BCUT2D eigenvalue weighted by molar-refractivity contribution is 8.08. The molecule has 0 unspecified atom stereocenters. The molecule has 0 spiro atoms. The zero-order valence-electron chi connectivity index (χ0n) is 6.63. The Morgan fingerprint density at radius 1 is 1.82 bits per heavy atom. The second kappa shape index (κ2) is 3.45. The second-order valence-electron chi connectivity index (χ2n) is 2.67. The second-order valence-corrected chi connectivity index (χ2v) is 4.03. The van der Waals surface area contributed by atoms with Crippen molar-refractivity contribution in [2.45, 2.75) is 17.6 Å². The first kappa shape index (κ1) is 8.87. The molecule has 1 rings (SSSR count). The van der Waals surface area contributed by atoms with Crippen LogP contribution in [0.1, 0.15) is 12.8 Å². The molecule has 2 N–H and O–H groups in total. The molecule has 0 aromatic carbocycles. The molecule has 11 heavy (non-hydrogen) atoms. The first-order chi connectivity index (χ1) is 5.25. The fourth-order valence-corrected chi connectivity index (χ4v) is 1.95. The van der Waals surface area contributed by atoms with Crippen LogP contribution in [-0.4, -0.2) is 30.1 Å². The lowest BCUT2D eigenvalue weighted by molar-refractivity contribution is -0.142. The highest BCUT2D eigenvalue weighted by Crippen LogP contribution is 2.48. The van der Waals surface area contributed by atoms with E-state index >= 15 is 0 Å². The monoisotopic (exact) mass is 175 g/mol. The minimum atomic E-state index is -0.214. The molecule has 1 fully saturated rings. The summed E-state index contributed by atoms with van der Waals surface area (Å²) in [6, 6.07) is 0. The molecule has 0 radical (unpaired) electrons. The van der Waals surface area contributed by atoms with Crippen LogP contribution in [0.5, 0.6) is 0 Å². The van der Waals surface area contributed by atoms with E-state index in [4.69, 9.17) is 5.73 Å². The maximum Gasteiger partial charge on any atom is 0.322 e. The summed E-state index contributed by atoms with van der Waals surface area (Å²) in [5.74, 6) is 0.815. The van der Waals surface area contributed by atoms with Gasteiger partial charge in [-0.25, -0.2) is 0 Å². The summed E-state index contributed by atoms with van der Waals surface area (Å²) in [6.45, 7) is 0.652. The Kier molecular flexibility index (Phi) is 2.78. The van der Waals surface area contributed by atoms with Crippen molar-refractivity contribution >= 4 is 17.7 Å². The summed E-state index contributed by atoms with van der Waals surface area (Å²) in [7, 11) is 1.44. The van der Waals surface area contributed by atoms with Crippen LogP contribution in [0.15, 0.2) is 0 Å². The summed E-state index contributed by atoms with van der Waals surface area (Å²) < 4.78 is 4.46. The van der Waals surface area contributed by atoms with E-state index in [2.05, 4.69) is 4.74 Å². The predicted molar refractivity (Wildman–Crippen MR) is 45.5 cm³/mol. The van der Waals surface area contributed by atoms with Crippen molar-refractivity contribution in [3.05, 3.63) is 0 Å². The van der Waals surface area contributed by atoms with E-state index in [-0.39, 0.29) is 10.7 Å². The molecular weight excluding hydrogens is 162 g/mol. The fraction of sp³-hybridized carbons (Fsp3) is 0.857. The van der Waals surface area contributed by atoms with Crippen LogP contribution in [0.3, 0.4) is 0 Å². The molecule has 0 bridgehead atoms. The van der Waals surface area contributed by atoms with Crippen molar-refractivity contribution in [3.63, 3.8) is 0 Å². The largest absolute Gasteiger partial charge is 0.468 e. The number of esters is 1. The third kappa shape index (κ3) is 1.87. The number of thioether (sulfide) groups is 1. The van der Waals surface area contributed by atoms with Gasteiger partial charge in [0.2, 0.25) is 0 Å². The predicted octanol–water partition coefficient (Wildman–Crippen LogP) is 0.384. The Morgan fingerprint density at radius 2 is 2.45 bits per heavy atom. The molecule has 1 aliphatic rings. The Morgan fingerprint density at radius 3 is 2.82 bits per heavy atom. The highest BCUT2D eigenvalue weighted by Gasteiger charge is 2.51. The number of carbonyl (C=O) groups is 1. The number of hydrogen-bond acceptors (Lipinski definition) is 4. The smallest absolute Gasteiger partial charge is 0.322 e. The van der Waals surface area contributed by atoms with Gasteiger partial charge < -0.3 is 10.5 Å². The summed E-state index contributed by atoms with van der Waals surface area (Å²) in [5.41, 5.74) is 5.34. The molecule has 1 heterocycles. The van der Waals surface area contributed by atoms with Crippen LogP contribution < -0.4 is 5.73 Å². The molecule has 64 valence electrons. The minimum Gasteiger partial charge on any atom is -0.468 e. The molecule has 0 aliphatic carbocycles. The van der Waals surface area contributed by atoms with Crippen molar-refractivity contribution < 1.29 is 9.53 Å². The SMILES string of the molecule is COC(=O)[C@]1(CCCN)CS1. The van der Waals surface area contributed by atoms with Crippen LogP contribution in [0.2, 0.25) is 0 Å². The van der Waals surface area contributed by atoms with Gasteiger partial charge in [0.15, 0.2) is 0 Å². The van der Waals surface area contributed by atoms with E-state index in [1.807, 2.05) is 0 Å². The van der Waals surface area contributed by atoms with E-state index < -0.39 is 0 Å². The normalized spacial score (nSPS) is 28.2. The minimum absolute atomic E-state index is 0.0871. The van der Waals surface area contributed by atoms with Gasteiger partial charge >= 0.3 is 5.97 Å². The first-order valence-corrected chi connectivity index (χ1v) is 4.66. The topological polar surface area (TPSA) is 52.3 Å². The molecule has 0 aromatic heterocycles. The van der Waals surface area contributed by atoms with Crippen LogP contribution in [0, 0.1) is 0 Å². The molecule has 1 saturated heterocycles. The number of nitrogens with two attached hydrogens (primary N) is 1. The summed E-state index contributed by atoms with van der Waals surface area (Å²) in [6.07, 6.45) is 1.77. The molecule has 0 saturated carbocycles. The van der Waals surface area contributed by atoms with Crippen LogP contribution >= 0.6 is 11.8 Å². The number of rotatable bonds is 4. The van der Waals surface area contributed by atoms with Crippen LogP contribution in [-0.2, 0) is 9.53 Å². The number of methoxy groups -OCH3 is 1. The van der Waals surface area contributed by atoms with Gasteiger partial charge in [-0.15, -0.1) is 11.8 Å². The molecule has 4 heteroatoms. The zero-order valence-corrected chi connectivity index (χ0v) is 7.45. The van der Waals surface area contributed by atoms with Gasteiger partial charge in [0.05, 0.1) is 7.11 Å². The summed E-state index contributed by atoms with van der Waals surface area (Å²) in [4.78, 5) is 11.1. The van der Waals surface area contributed by atoms with Crippen molar-refractivity contribution in [1.82, 2.24) is 0 Å². The molecule has 0 aromatic rings. The third-order valence-electron chi connectivity index (χ3n) is 1.83. The van der Waals surface area contributed by atoms with Crippen molar-refractivity contribution in [3.8, 4) is 0 Å². The Bertz CT molecular complexity index is 157. The van der Waals surface area contributed by atoms with Gasteiger partial charge in [-0.1, -0.05) is 0 Å². The third-order valence-corrected chi connectivity index (χ3v) is 3.19. The van der Waals surface area contributed by atoms with E-state index in [1.54, 1.807) is 11.8 Å². The molecule has 1 atom stereocenters. The van der Waals surface area contributed by atoms with Crippen molar-refractivity contribution in [1.29, 1.82) is 0 Å². The van der Waals surface area contributed by atoms with Crippen LogP contribution in [0.25, 0.3) is 0 Å².